The maximum atomic E-state index is 13.7. The molecule has 0 bridgehead atoms. The van der Waals surface area contributed by atoms with Gasteiger partial charge in [-0.3, -0.25) is 4.79 Å². The highest BCUT2D eigenvalue weighted by Crippen LogP contribution is 2.41. The van der Waals surface area contributed by atoms with E-state index in [9.17, 15) is 4.79 Å². The average Bonchev–Trinajstić information content (AvgIpc) is 3.36. The zero-order valence-electron chi connectivity index (χ0n) is 21.7. The number of hydrogen-bond acceptors (Lipinski definition) is 7. The highest BCUT2D eigenvalue weighted by Gasteiger charge is 2.36. The van der Waals surface area contributed by atoms with Gasteiger partial charge in [-0.25, -0.2) is 4.68 Å². The van der Waals surface area contributed by atoms with Crippen LogP contribution in [0.1, 0.15) is 25.5 Å². The minimum atomic E-state index is -0.611. The highest BCUT2D eigenvalue weighted by atomic mass is 16.5. The highest BCUT2D eigenvalue weighted by molar-refractivity contribution is 6.06. The van der Waals surface area contributed by atoms with Crippen LogP contribution in [0.2, 0.25) is 0 Å². The van der Waals surface area contributed by atoms with Crippen molar-refractivity contribution in [1.29, 1.82) is 0 Å². The number of carbonyl (C=O) groups is 1. The minimum Gasteiger partial charge on any atom is -0.497 e. The van der Waals surface area contributed by atoms with E-state index in [0.29, 0.717) is 46.8 Å². The van der Waals surface area contributed by atoms with Crippen LogP contribution in [-0.2, 0) is 4.79 Å². The van der Waals surface area contributed by atoms with E-state index in [1.54, 1.807) is 25.0 Å². The van der Waals surface area contributed by atoms with Crippen molar-refractivity contribution in [3.05, 3.63) is 89.6 Å². The maximum Gasteiger partial charge on any atom is 0.255 e. The van der Waals surface area contributed by atoms with Gasteiger partial charge in [0.05, 0.1) is 26.4 Å². The van der Waals surface area contributed by atoms with Crippen molar-refractivity contribution in [1.82, 2.24) is 14.8 Å². The molecule has 1 aliphatic rings. The molecule has 9 nitrogen and oxygen atoms in total. The lowest BCUT2D eigenvalue weighted by Gasteiger charge is -2.29. The molecule has 1 unspecified atom stereocenters. The third-order valence-corrected chi connectivity index (χ3v) is 6.29. The lowest BCUT2D eigenvalue weighted by Crippen LogP contribution is -2.31. The molecular formula is C29H29N5O4. The van der Waals surface area contributed by atoms with Crippen LogP contribution < -0.4 is 24.8 Å². The fourth-order valence-electron chi connectivity index (χ4n) is 4.49. The molecule has 0 aliphatic carbocycles. The summed E-state index contributed by atoms with van der Waals surface area (Å²) in [6.07, 6.45) is 0. The van der Waals surface area contributed by atoms with E-state index in [4.69, 9.17) is 24.3 Å². The molecule has 1 aliphatic heterocycles. The van der Waals surface area contributed by atoms with Gasteiger partial charge in [-0.05, 0) is 62.4 Å². The Morgan fingerprint density at radius 2 is 1.74 bits per heavy atom. The largest absolute Gasteiger partial charge is 0.497 e. The summed E-state index contributed by atoms with van der Waals surface area (Å²) in [7, 11) is 3.19. The zero-order chi connectivity index (χ0) is 26.6. The van der Waals surface area contributed by atoms with Crippen molar-refractivity contribution in [2.75, 3.05) is 31.5 Å². The lowest BCUT2D eigenvalue weighted by atomic mass is 9.94. The summed E-state index contributed by atoms with van der Waals surface area (Å²) in [5, 5.41) is 11.1. The van der Waals surface area contributed by atoms with E-state index in [1.165, 1.54) is 0 Å². The molecule has 0 fully saturated rings. The van der Waals surface area contributed by atoms with E-state index in [2.05, 4.69) is 10.6 Å². The van der Waals surface area contributed by atoms with Crippen LogP contribution in [0, 0.1) is 0 Å². The van der Waals surface area contributed by atoms with Gasteiger partial charge in [0, 0.05) is 28.6 Å². The molecule has 9 heteroatoms. The number of nitrogens with one attached hydrogen (secondary N) is 2. The number of allylic oxidation sites excluding steroid dienone is 1. The van der Waals surface area contributed by atoms with Crippen molar-refractivity contribution in [2.45, 2.75) is 19.9 Å². The Morgan fingerprint density at radius 3 is 2.42 bits per heavy atom. The van der Waals surface area contributed by atoms with Crippen LogP contribution in [0.4, 0.5) is 11.6 Å². The van der Waals surface area contributed by atoms with Crippen molar-refractivity contribution in [3.63, 3.8) is 0 Å². The third kappa shape index (κ3) is 4.78. The third-order valence-electron chi connectivity index (χ3n) is 6.29. The molecule has 0 spiro atoms. The van der Waals surface area contributed by atoms with Gasteiger partial charge in [-0.1, -0.05) is 18.2 Å². The standard InChI is InChI=1S/C29H29N5O4/c1-5-38-21-13-11-19(12-14-21)27-32-29-30-18(2)25(28(35)31-20-9-7-6-8-10-20)26(34(29)33-27)23-16-15-22(36-3)17-24(23)37-4/h6-17,26H,5H2,1-4H3,(H,31,35)(H,30,32,33). The molecule has 3 aromatic carbocycles. The van der Waals surface area contributed by atoms with Crippen LogP contribution in [0.3, 0.4) is 0 Å². The van der Waals surface area contributed by atoms with E-state index in [0.717, 1.165) is 16.9 Å². The van der Waals surface area contributed by atoms with Crippen molar-refractivity contribution in [2.24, 2.45) is 0 Å². The van der Waals surface area contributed by atoms with Crippen molar-refractivity contribution >= 4 is 17.5 Å². The van der Waals surface area contributed by atoms with Gasteiger partial charge in [0.25, 0.3) is 5.91 Å². The molecule has 2 N–H and O–H groups in total. The van der Waals surface area contributed by atoms with Gasteiger partial charge in [0.15, 0.2) is 5.82 Å². The SMILES string of the molecule is CCOc1ccc(-c2nc3n(n2)C(c2ccc(OC)cc2OC)C(C(=O)Nc2ccccc2)=C(C)N3)cc1. The fourth-order valence-corrected chi connectivity index (χ4v) is 4.49. The van der Waals surface area contributed by atoms with Crippen LogP contribution in [0.5, 0.6) is 17.2 Å². The van der Waals surface area contributed by atoms with Gasteiger partial charge in [0.2, 0.25) is 5.95 Å². The molecule has 1 aromatic heterocycles. The number of ether oxygens (including phenoxy) is 3. The van der Waals surface area contributed by atoms with E-state index in [-0.39, 0.29) is 5.91 Å². The molecular weight excluding hydrogens is 482 g/mol. The fraction of sp³-hybridized carbons (Fsp3) is 0.207. The quantitative estimate of drug-likeness (QED) is 0.332. The Bertz CT molecular complexity index is 1480. The van der Waals surface area contributed by atoms with Crippen LogP contribution in [-0.4, -0.2) is 41.5 Å². The van der Waals surface area contributed by atoms with Crippen molar-refractivity contribution < 1.29 is 19.0 Å². The first kappa shape index (κ1) is 24.9. The summed E-state index contributed by atoms with van der Waals surface area (Å²) in [4.78, 5) is 18.5. The second-order valence-electron chi connectivity index (χ2n) is 8.66. The second kappa shape index (κ2) is 10.7. The molecule has 194 valence electrons. The van der Waals surface area contributed by atoms with Crippen molar-refractivity contribution in [3.8, 4) is 28.6 Å². The Kier molecular flexibility index (Phi) is 6.99. The summed E-state index contributed by atoms with van der Waals surface area (Å²) in [5.41, 5.74) is 3.42. The molecule has 1 amide bonds. The summed E-state index contributed by atoms with van der Waals surface area (Å²) in [5.74, 6) is 2.77. The Hall–Kier alpha value is -4.79. The van der Waals surface area contributed by atoms with Gasteiger partial charge >= 0.3 is 0 Å². The predicted molar refractivity (Wildman–Crippen MR) is 146 cm³/mol. The number of amides is 1. The topological polar surface area (TPSA) is 99.5 Å². The van der Waals surface area contributed by atoms with E-state index >= 15 is 0 Å². The first-order chi connectivity index (χ1) is 18.5. The molecule has 38 heavy (non-hydrogen) atoms. The van der Waals surface area contributed by atoms with Crippen LogP contribution in [0.25, 0.3) is 11.4 Å². The van der Waals surface area contributed by atoms with Gasteiger partial charge in [-0.2, -0.15) is 4.98 Å². The second-order valence-corrected chi connectivity index (χ2v) is 8.66. The normalized spacial score (nSPS) is 14.4. The molecule has 0 radical (unpaired) electrons. The van der Waals surface area contributed by atoms with Gasteiger partial charge < -0.3 is 24.8 Å². The number of carbonyl (C=O) groups excluding carboxylic acids is 1. The number of para-hydroxylation sites is 1. The molecule has 1 atom stereocenters. The monoisotopic (exact) mass is 511 g/mol. The first-order valence-electron chi connectivity index (χ1n) is 12.3. The number of anilines is 2. The Balaban J connectivity index is 1.61. The number of methoxy groups -OCH3 is 2. The molecule has 0 saturated heterocycles. The summed E-state index contributed by atoms with van der Waals surface area (Å²) in [6, 6.07) is 21.9. The van der Waals surface area contributed by atoms with Gasteiger partial charge in [0.1, 0.15) is 23.3 Å². The zero-order valence-corrected chi connectivity index (χ0v) is 21.7. The predicted octanol–water partition coefficient (Wildman–Crippen LogP) is 5.29. The Labute approximate surface area is 221 Å². The summed E-state index contributed by atoms with van der Waals surface area (Å²) >= 11 is 0. The molecule has 2 heterocycles. The lowest BCUT2D eigenvalue weighted by molar-refractivity contribution is -0.113. The number of aromatic nitrogens is 3. The summed E-state index contributed by atoms with van der Waals surface area (Å²) < 4.78 is 18.4. The summed E-state index contributed by atoms with van der Waals surface area (Å²) in [6.45, 7) is 4.39. The molecule has 0 saturated carbocycles. The number of nitrogens with zero attached hydrogens (tertiary/aromatic N) is 3. The molecule has 4 aromatic rings. The number of benzene rings is 3. The number of fused-ring (bicyclic) bond motifs is 1. The van der Waals surface area contributed by atoms with Crippen LogP contribution >= 0.6 is 0 Å². The number of hydrogen-bond donors (Lipinski definition) is 2. The van der Waals surface area contributed by atoms with Gasteiger partial charge in [-0.15, -0.1) is 5.10 Å². The van der Waals surface area contributed by atoms with Crippen LogP contribution in [0.15, 0.2) is 84.1 Å². The number of rotatable bonds is 8. The average molecular weight is 512 g/mol. The maximum absolute atomic E-state index is 13.7. The minimum absolute atomic E-state index is 0.257. The van der Waals surface area contributed by atoms with E-state index in [1.807, 2.05) is 80.6 Å². The van der Waals surface area contributed by atoms with E-state index < -0.39 is 6.04 Å². The first-order valence-corrected chi connectivity index (χ1v) is 12.3. The molecule has 5 rings (SSSR count). The Morgan fingerprint density at radius 1 is 1.00 bits per heavy atom. The smallest absolute Gasteiger partial charge is 0.255 e.